The molecule has 0 aliphatic heterocycles. The molecule has 0 saturated carbocycles. The molecule has 0 fully saturated rings. The van der Waals surface area contributed by atoms with Gasteiger partial charge in [-0.2, -0.15) is 0 Å². The Balaban J connectivity index is 1.97. The molecule has 196 valence electrons. The Bertz CT molecular complexity index is 1040. The van der Waals surface area contributed by atoms with Crippen molar-refractivity contribution in [1.29, 1.82) is 0 Å². The first-order valence-corrected chi connectivity index (χ1v) is 11.6. The molecule has 2 aromatic carbocycles. The molecule has 36 heavy (non-hydrogen) atoms. The van der Waals surface area contributed by atoms with E-state index in [4.69, 9.17) is 23.7 Å². The highest BCUT2D eigenvalue weighted by Gasteiger charge is 2.25. The van der Waals surface area contributed by atoms with Crippen molar-refractivity contribution in [2.45, 2.75) is 32.2 Å². The number of unbranched alkanes of at least 4 members (excludes halogenated alkanes) is 1. The fraction of sp³-hybridized carbons (Fsp3) is 0.423. The van der Waals surface area contributed by atoms with Gasteiger partial charge in [0.15, 0.2) is 23.0 Å². The molecule has 0 heterocycles. The average Bonchev–Trinajstić information content (AvgIpc) is 2.90. The van der Waals surface area contributed by atoms with E-state index in [1.165, 1.54) is 28.4 Å². The molecule has 10 heteroatoms. The van der Waals surface area contributed by atoms with E-state index in [-0.39, 0.29) is 23.8 Å². The number of esters is 1. The Morgan fingerprint density at radius 2 is 1.33 bits per heavy atom. The number of ether oxygens (including phenoxy) is 5. The lowest BCUT2D eigenvalue weighted by Gasteiger charge is -2.19. The van der Waals surface area contributed by atoms with Gasteiger partial charge in [0.2, 0.25) is 0 Å². The van der Waals surface area contributed by atoms with Gasteiger partial charge in [-0.1, -0.05) is 12.1 Å². The summed E-state index contributed by atoms with van der Waals surface area (Å²) in [7, 11) is 5.89. The Kier molecular flexibility index (Phi) is 11.4. The summed E-state index contributed by atoms with van der Waals surface area (Å²) in [5.41, 5.74) is 0.603. The molecule has 0 radical (unpaired) electrons. The van der Waals surface area contributed by atoms with Gasteiger partial charge < -0.3 is 34.3 Å². The third-order valence-corrected chi connectivity index (χ3v) is 5.38. The maximum Gasteiger partial charge on any atom is 0.328 e. The van der Waals surface area contributed by atoms with Crippen LogP contribution in [0.3, 0.4) is 0 Å². The van der Waals surface area contributed by atoms with Crippen LogP contribution in [0.1, 0.15) is 46.9 Å². The second-order valence-electron chi connectivity index (χ2n) is 7.61. The van der Waals surface area contributed by atoms with Crippen molar-refractivity contribution in [2.24, 2.45) is 0 Å². The maximum atomic E-state index is 12.9. The zero-order valence-electron chi connectivity index (χ0n) is 21.3. The van der Waals surface area contributed by atoms with Crippen molar-refractivity contribution >= 4 is 17.8 Å². The van der Waals surface area contributed by atoms with Gasteiger partial charge in [-0.15, -0.1) is 0 Å². The normalized spacial score (nSPS) is 11.1. The first-order valence-electron chi connectivity index (χ1n) is 11.6. The van der Waals surface area contributed by atoms with Crippen molar-refractivity contribution in [2.75, 3.05) is 41.6 Å². The first-order chi connectivity index (χ1) is 17.4. The Labute approximate surface area is 211 Å². The molecular weight excluding hydrogens is 468 g/mol. The molecule has 0 saturated heterocycles. The molecule has 1 unspecified atom stereocenters. The second kappa shape index (κ2) is 14.4. The Hall–Kier alpha value is -3.95. The number of hydrogen-bond acceptors (Lipinski definition) is 8. The van der Waals surface area contributed by atoms with Crippen LogP contribution < -0.4 is 29.6 Å². The van der Waals surface area contributed by atoms with E-state index in [1.807, 2.05) is 0 Å². The largest absolute Gasteiger partial charge is 0.493 e. The number of amides is 2. The molecule has 0 spiro atoms. The molecule has 2 rings (SSSR count). The van der Waals surface area contributed by atoms with E-state index in [1.54, 1.807) is 43.3 Å². The van der Waals surface area contributed by atoms with E-state index < -0.39 is 17.9 Å². The van der Waals surface area contributed by atoms with Crippen LogP contribution in [0.5, 0.6) is 23.0 Å². The van der Waals surface area contributed by atoms with Crippen LogP contribution >= 0.6 is 0 Å². The smallest absolute Gasteiger partial charge is 0.328 e. The molecule has 2 N–H and O–H groups in total. The average molecular weight is 503 g/mol. The molecule has 0 bridgehead atoms. The number of benzene rings is 2. The molecule has 2 amide bonds. The van der Waals surface area contributed by atoms with Gasteiger partial charge >= 0.3 is 5.97 Å². The van der Waals surface area contributed by atoms with Crippen molar-refractivity contribution in [3.8, 4) is 23.0 Å². The van der Waals surface area contributed by atoms with Crippen LogP contribution in [-0.4, -0.2) is 65.4 Å². The zero-order chi connectivity index (χ0) is 26.5. The first kappa shape index (κ1) is 28.3. The summed E-state index contributed by atoms with van der Waals surface area (Å²) in [6.45, 7) is 2.25. The lowest BCUT2D eigenvalue weighted by Crippen LogP contribution is -2.42. The molecule has 10 nitrogen and oxygen atoms in total. The molecule has 1 atom stereocenters. The van der Waals surface area contributed by atoms with E-state index in [0.29, 0.717) is 48.6 Å². The summed E-state index contributed by atoms with van der Waals surface area (Å²) in [6.07, 6.45) is 1.45. The van der Waals surface area contributed by atoms with Crippen LogP contribution in [0.2, 0.25) is 0 Å². The summed E-state index contributed by atoms with van der Waals surface area (Å²) in [5, 5.41) is 5.57. The number of nitrogens with one attached hydrogen (secondary N) is 2. The van der Waals surface area contributed by atoms with Gasteiger partial charge in [0, 0.05) is 6.54 Å². The topological polar surface area (TPSA) is 121 Å². The summed E-state index contributed by atoms with van der Waals surface area (Å²) in [6, 6.07) is 9.13. The molecule has 0 aliphatic rings. The van der Waals surface area contributed by atoms with E-state index >= 15 is 0 Å². The van der Waals surface area contributed by atoms with Crippen LogP contribution in [0.25, 0.3) is 0 Å². The third kappa shape index (κ3) is 7.27. The van der Waals surface area contributed by atoms with Crippen LogP contribution in [0, 0.1) is 0 Å². The van der Waals surface area contributed by atoms with Crippen molar-refractivity contribution in [1.82, 2.24) is 10.6 Å². The Morgan fingerprint density at radius 1 is 0.778 bits per heavy atom. The van der Waals surface area contributed by atoms with Crippen LogP contribution in [0.4, 0.5) is 0 Å². The highest BCUT2D eigenvalue weighted by molar-refractivity contribution is 6.00. The molecule has 0 aliphatic carbocycles. The predicted octanol–water partition coefficient (Wildman–Crippen LogP) is 2.98. The standard InChI is InChI=1S/C26H34N2O8/c1-6-36-26(31)19(28-25(30)18-12-10-15-21(33-3)23(18)35-5)13-7-8-16-27-24(29)17-11-9-14-20(32-2)22(17)34-4/h9-12,14-15,19H,6-8,13,16H2,1-5H3,(H,27,29)(H,28,30). The van der Waals surface area contributed by atoms with Gasteiger partial charge in [-0.25, -0.2) is 4.79 Å². The summed E-state index contributed by atoms with van der Waals surface area (Å²) in [5.74, 6) is 0.185. The minimum atomic E-state index is -0.859. The highest BCUT2D eigenvalue weighted by Crippen LogP contribution is 2.31. The highest BCUT2D eigenvalue weighted by atomic mass is 16.5. The molecular formula is C26H34N2O8. The fourth-order valence-corrected chi connectivity index (χ4v) is 3.63. The second-order valence-corrected chi connectivity index (χ2v) is 7.61. The number of methoxy groups -OCH3 is 4. The van der Waals surface area contributed by atoms with E-state index in [0.717, 1.165) is 0 Å². The van der Waals surface area contributed by atoms with Gasteiger partial charge in [0.1, 0.15) is 6.04 Å². The maximum absolute atomic E-state index is 12.9. The minimum absolute atomic E-state index is 0.187. The minimum Gasteiger partial charge on any atom is -0.493 e. The Morgan fingerprint density at radius 3 is 1.83 bits per heavy atom. The number of carbonyl (C=O) groups is 3. The zero-order valence-corrected chi connectivity index (χ0v) is 21.3. The number of para-hydroxylation sites is 2. The molecule has 0 aromatic heterocycles. The van der Waals surface area contributed by atoms with Gasteiger partial charge in [0.05, 0.1) is 46.2 Å². The third-order valence-electron chi connectivity index (χ3n) is 5.38. The van der Waals surface area contributed by atoms with Crippen molar-refractivity contribution in [3.63, 3.8) is 0 Å². The SMILES string of the molecule is CCOC(=O)C(CCCCNC(=O)c1cccc(OC)c1OC)NC(=O)c1cccc(OC)c1OC. The molecule has 2 aromatic rings. The number of rotatable bonds is 14. The van der Waals surface area contributed by atoms with Gasteiger partial charge in [-0.3, -0.25) is 9.59 Å². The quantitative estimate of drug-likeness (QED) is 0.299. The predicted molar refractivity (Wildman–Crippen MR) is 133 cm³/mol. The van der Waals surface area contributed by atoms with Crippen molar-refractivity contribution < 1.29 is 38.1 Å². The monoisotopic (exact) mass is 502 g/mol. The summed E-state index contributed by atoms with van der Waals surface area (Å²) < 4.78 is 26.2. The summed E-state index contributed by atoms with van der Waals surface area (Å²) in [4.78, 5) is 38.0. The lowest BCUT2D eigenvalue weighted by molar-refractivity contribution is -0.145. The summed E-state index contributed by atoms with van der Waals surface area (Å²) >= 11 is 0. The van der Waals surface area contributed by atoms with Crippen LogP contribution in [0.15, 0.2) is 36.4 Å². The van der Waals surface area contributed by atoms with Gasteiger partial charge in [0.25, 0.3) is 11.8 Å². The fourth-order valence-electron chi connectivity index (χ4n) is 3.63. The van der Waals surface area contributed by atoms with Crippen LogP contribution in [-0.2, 0) is 9.53 Å². The van der Waals surface area contributed by atoms with Crippen molar-refractivity contribution in [3.05, 3.63) is 47.5 Å². The number of hydrogen-bond donors (Lipinski definition) is 2. The van der Waals surface area contributed by atoms with E-state index in [9.17, 15) is 14.4 Å². The van der Waals surface area contributed by atoms with E-state index in [2.05, 4.69) is 10.6 Å². The van der Waals surface area contributed by atoms with Gasteiger partial charge in [-0.05, 0) is 50.5 Å². The lowest BCUT2D eigenvalue weighted by atomic mass is 10.1. The number of carbonyl (C=O) groups excluding carboxylic acids is 3.